The van der Waals surface area contributed by atoms with Crippen molar-refractivity contribution in [1.29, 1.82) is 0 Å². The molecule has 128 valence electrons. The lowest BCUT2D eigenvalue weighted by atomic mass is 10.0. The summed E-state index contributed by atoms with van der Waals surface area (Å²) in [5.41, 5.74) is 0.0277. The number of methoxy groups -OCH3 is 1. The summed E-state index contributed by atoms with van der Waals surface area (Å²) in [7, 11) is 1.77. The van der Waals surface area contributed by atoms with Gasteiger partial charge in [-0.1, -0.05) is 0 Å². The molecule has 2 aliphatic rings. The Morgan fingerprint density at radius 3 is 2.68 bits per heavy atom. The normalized spacial score (nSPS) is 24.2. The molecule has 0 aromatic rings. The lowest BCUT2D eigenvalue weighted by molar-refractivity contribution is 0.0185. The highest BCUT2D eigenvalue weighted by Crippen LogP contribution is 2.48. The number of amides is 1. The molecule has 1 saturated heterocycles. The van der Waals surface area contributed by atoms with Gasteiger partial charge in [0.25, 0.3) is 0 Å². The van der Waals surface area contributed by atoms with E-state index < -0.39 is 5.60 Å². The largest absolute Gasteiger partial charge is 0.444 e. The summed E-state index contributed by atoms with van der Waals surface area (Å²) in [5.74, 6) is 0. The van der Waals surface area contributed by atoms with Gasteiger partial charge in [-0.15, -0.1) is 0 Å². The van der Waals surface area contributed by atoms with Crippen molar-refractivity contribution in [2.75, 3.05) is 33.4 Å². The van der Waals surface area contributed by atoms with Crippen LogP contribution in [0.4, 0.5) is 4.79 Å². The lowest BCUT2D eigenvalue weighted by Crippen LogP contribution is -2.50. The van der Waals surface area contributed by atoms with E-state index in [9.17, 15) is 4.79 Å². The molecule has 1 saturated carbocycles. The summed E-state index contributed by atoms with van der Waals surface area (Å²) < 4.78 is 10.7. The quantitative estimate of drug-likeness (QED) is 0.819. The summed E-state index contributed by atoms with van der Waals surface area (Å²) in [5, 5.41) is 3.68. The molecule has 0 bridgehead atoms. The van der Waals surface area contributed by atoms with E-state index in [0.717, 1.165) is 45.5 Å². The molecule has 5 heteroatoms. The van der Waals surface area contributed by atoms with Crippen LogP contribution < -0.4 is 5.32 Å². The number of likely N-dealkylation sites (tertiary alicyclic amines) is 1. The highest BCUT2D eigenvalue weighted by molar-refractivity contribution is 5.68. The minimum Gasteiger partial charge on any atom is -0.444 e. The standard InChI is InChI=1S/C17H32N2O3/c1-16(2,3)22-15(20)19-10-5-6-14(12-19)18-13-17(7-8-17)9-11-21-4/h14,18H,5-13H2,1-4H3. The molecule has 1 atom stereocenters. The van der Waals surface area contributed by atoms with E-state index in [0.29, 0.717) is 11.5 Å². The SMILES string of the molecule is COCCC1(CNC2CCCN(C(=O)OC(C)(C)C)C2)CC1. The number of carbonyl (C=O) groups excluding carboxylic acids is 1. The maximum Gasteiger partial charge on any atom is 0.410 e. The molecular formula is C17H32N2O3. The van der Waals surface area contributed by atoms with Crippen LogP contribution in [-0.4, -0.2) is 56.0 Å². The lowest BCUT2D eigenvalue weighted by Gasteiger charge is -2.35. The van der Waals surface area contributed by atoms with Crippen molar-refractivity contribution in [1.82, 2.24) is 10.2 Å². The van der Waals surface area contributed by atoms with Crippen LogP contribution in [0.25, 0.3) is 0 Å². The molecule has 0 aromatic heterocycles. The molecule has 22 heavy (non-hydrogen) atoms. The number of carbonyl (C=O) groups is 1. The van der Waals surface area contributed by atoms with E-state index in [1.165, 1.54) is 12.8 Å². The van der Waals surface area contributed by atoms with Crippen molar-refractivity contribution < 1.29 is 14.3 Å². The third-order valence-electron chi connectivity index (χ3n) is 4.63. The predicted molar refractivity (Wildman–Crippen MR) is 87.0 cm³/mol. The minimum absolute atomic E-state index is 0.181. The van der Waals surface area contributed by atoms with Gasteiger partial charge in [0.1, 0.15) is 5.60 Å². The monoisotopic (exact) mass is 312 g/mol. The molecule has 1 aliphatic heterocycles. The van der Waals surface area contributed by atoms with Crippen LogP contribution in [0, 0.1) is 5.41 Å². The molecule has 5 nitrogen and oxygen atoms in total. The van der Waals surface area contributed by atoms with E-state index in [-0.39, 0.29) is 6.09 Å². The first-order chi connectivity index (χ1) is 10.3. The number of hydrogen-bond acceptors (Lipinski definition) is 4. The zero-order valence-electron chi connectivity index (χ0n) is 14.6. The molecule has 1 N–H and O–H groups in total. The molecule has 1 aliphatic carbocycles. The van der Waals surface area contributed by atoms with Crippen LogP contribution in [0.15, 0.2) is 0 Å². The average molecular weight is 312 g/mol. The molecule has 0 spiro atoms. The molecule has 1 unspecified atom stereocenters. The van der Waals surface area contributed by atoms with Gasteiger partial charge in [-0.25, -0.2) is 4.79 Å². The van der Waals surface area contributed by atoms with Crippen LogP contribution in [0.3, 0.4) is 0 Å². The fourth-order valence-corrected chi connectivity index (χ4v) is 3.01. The Hall–Kier alpha value is -0.810. The highest BCUT2D eigenvalue weighted by Gasteiger charge is 2.42. The van der Waals surface area contributed by atoms with E-state index in [1.807, 2.05) is 25.7 Å². The summed E-state index contributed by atoms with van der Waals surface area (Å²) in [4.78, 5) is 14.0. The topological polar surface area (TPSA) is 50.8 Å². The van der Waals surface area contributed by atoms with Gasteiger partial charge in [0, 0.05) is 39.4 Å². The Morgan fingerprint density at radius 1 is 1.36 bits per heavy atom. The molecule has 0 aromatic carbocycles. The number of hydrogen-bond donors (Lipinski definition) is 1. The van der Waals surface area contributed by atoms with Gasteiger partial charge in [0.05, 0.1) is 0 Å². The van der Waals surface area contributed by atoms with Crippen molar-refractivity contribution in [3.63, 3.8) is 0 Å². The van der Waals surface area contributed by atoms with Crippen LogP contribution >= 0.6 is 0 Å². The van der Waals surface area contributed by atoms with E-state index >= 15 is 0 Å². The Bertz CT molecular complexity index is 375. The summed E-state index contributed by atoms with van der Waals surface area (Å²) in [6, 6.07) is 0.390. The third kappa shape index (κ3) is 5.43. The summed E-state index contributed by atoms with van der Waals surface area (Å²) in [6.07, 6.45) is 5.73. The Balaban J connectivity index is 1.75. The van der Waals surface area contributed by atoms with Crippen LogP contribution in [0.2, 0.25) is 0 Å². The van der Waals surface area contributed by atoms with Crippen molar-refractivity contribution in [2.45, 2.75) is 64.5 Å². The second-order valence-corrected chi connectivity index (χ2v) is 7.89. The van der Waals surface area contributed by atoms with Crippen LogP contribution in [0.5, 0.6) is 0 Å². The van der Waals surface area contributed by atoms with Crippen LogP contribution in [-0.2, 0) is 9.47 Å². The maximum absolute atomic E-state index is 12.2. The Kier molecular flexibility index (Phi) is 5.72. The fraction of sp³-hybridized carbons (Fsp3) is 0.941. The van der Waals surface area contributed by atoms with Gasteiger partial charge in [-0.2, -0.15) is 0 Å². The summed E-state index contributed by atoms with van der Waals surface area (Å²) in [6.45, 7) is 9.20. The Morgan fingerprint density at radius 2 is 2.09 bits per heavy atom. The van der Waals surface area contributed by atoms with Gasteiger partial charge in [-0.05, 0) is 58.3 Å². The number of ether oxygens (including phenoxy) is 2. The van der Waals surface area contributed by atoms with Crippen molar-refractivity contribution >= 4 is 6.09 Å². The van der Waals surface area contributed by atoms with Gasteiger partial charge >= 0.3 is 6.09 Å². The van der Waals surface area contributed by atoms with Crippen molar-refractivity contribution in [2.24, 2.45) is 5.41 Å². The first-order valence-electron chi connectivity index (χ1n) is 8.54. The predicted octanol–water partition coefficient (Wildman–Crippen LogP) is 2.79. The molecule has 2 fully saturated rings. The minimum atomic E-state index is -0.421. The van der Waals surface area contributed by atoms with Gasteiger partial charge < -0.3 is 19.7 Å². The second kappa shape index (κ2) is 7.18. The number of piperidine rings is 1. The number of nitrogens with zero attached hydrogens (tertiary/aromatic N) is 1. The summed E-state index contributed by atoms with van der Waals surface area (Å²) >= 11 is 0. The molecular weight excluding hydrogens is 280 g/mol. The second-order valence-electron chi connectivity index (χ2n) is 7.89. The maximum atomic E-state index is 12.2. The van der Waals surface area contributed by atoms with Gasteiger partial charge in [0.15, 0.2) is 0 Å². The van der Waals surface area contributed by atoms with Gasteiger partial charge in [-0.3, -0.25) is 0 Å². The molecule has 0 radical (unpaired) electrons. The van der Waals surface area contributed by atoms with Crippen molar-refractivity contribution in [3.8, 4) is 0 Å². The number of rotatable bonds is 6. The first kappa shape index (κ1) is 17.5. The first-order valence-corrected chi connectivity index (χ1v) is 8.54. The third-order valence-corrected chi connectivity index (χ3v) is 4.63. The highest BCUT2D eigenvalue weighted by atomic mass is 16.6. The molecule has 1 heterocycles. The van der Waals surface area contributed by atoms with Crippen LogP contribution in [0.1, 0.15) is 52.9 Å². The zero-order valence-corrected chi connectivity index (χ0v) is 14.6. The number of nitrogens with one attached hydrogen (secondary N) is 1. The fourth-order valence-electron chi connectivity index (χ4n) is 3.01. The van der Waals surface area contributed by atoms with E-state index in [4.69, 9.17) is 9.47 Å². The van der Waals surface area contributed by atoms with E-state index in [1.54, 1.807) is 7.11 Å². The smallest absolute Gasteiger partial charge is 0.410 e. The van der Waals surface area contributed by atoms with Crippen molar-refractivity contribution in [3.05, 3.63) is 0 Å². The van der Waals surface area contributed by atoms with E-state index in [2.05, 4.69) is 5.32 Å². The molecule has 1 amide bonds. The Labute approximate surface area is 134 Å². The zero-order chi connectivity index (χ0) is 16.2. The average Bonchev–Trinajstić information content (AvgIpc) is 3.22. The van der Waals surface area contributed by atoms with Gasteiger partial charge in [0.2, 0.25) is 0 Å². The molecule has 2 rings (SSSR count).